The van der Waals surface area contributed by atoms with E-state index in [0.29, 0.717) is 0 Å². The third-order valence-electron chi connectivity index (χ3n) is 8.32. The number of hydrogen-bond acceptors (Lipinski definition) is 1. The van der Waals surface area contributed by atoms with Gasteiger partial charge in [0.1, 0.15) is 5.58 Å². The van der Waals surface area contributed by atoms with Crippen molar-refractivity contribution in [3.05, 3.63) is 146 Å². The zero-order valence-electron chi connectivity index (χ0n) is 22.2. The minimum Gasteiger partial charge on any atom is -0.439 e. The molecule has 0 N–H and O–H groups in total. The summed E-state index contributed by atoms with van der Waals surface area (Å²) < 4.78 is 11.2. The molecule has 0 unspecified atom stereocenters. The van der Waals surface area contributed by atoms with E-state index in [0.717, 1.165) is 39.0 Å². The molecule has 6 aromatic carbocycles. The van der Waals surface area contributed by atoms with Crippen molar-refractivity contribution in [3.8, 4) is 22.5 Å². The highest BCUT2D eigenvalue weighted by molar-refractivity contribution is 6.20. The van der Waals surface area contributed by atoms with Gasteiger partial charge in [-0.2, -0.15) is 0 Å². The van der Waals surface area contributed by atoms with Crippen LogP contribution in [0.2, 0.25) is 0 Å². The number of nitrogens with zero attached hydrogens (tertiary/aromatic N) is 2. The molecule has 3 nitrogen and oxygen atoms in total. The third-order valence-corrected chi connectivity index (χ3v) is 8.32. The highest BCUT2D eigenvalue weighted by Gasteiger charge is 2.19. The Balaban J connectivity index is 1.27. The van der Waals surface area contributed by atoms with Gasteiger partial charge in [-0.1, -0.05) is 91.0 Å². The molecule has 9 rings (SSSR count). The average molecular weight is 525 g/mol. The van der Waals surface area contributed by atoms with E-state index in [1.54, 1.807) is 0 Å². The van der Waals surface area contributed by atoms with Crippen molar-refractivity contribution in [1.82, 2.24) is 9.13 Å². The number of aromatic nitrogens is 2. The van der Waals surface area contributed by atoms with Gasteiger partial charge in [0.2, 0.25) is 5.71 Å². The van der Waals surface area contributed by atoms with Gasteiger partial charge in [0.05, 0.1) is 21.9 Å². The lowest BCUT2D eigenvalue weighted by Gasteiger charge is -2.10. The molecule has 0 spiro atoms. The zero-order chi connectivity index (χ0) is 26.9. The fourth-order valence-electron chi connectivity index (χ4n) is 6.53. The quantitative estimate of drug-likeness (QED) is 0.225. The van der Waals surface area contributed by atoms with Gasteiger partial charge < -0.3 is 8.98 Å². The van der Waals surface area contributed by atoms with Crippen molar-refractivity contribution in [2.75, 3.05) is 0 Å². The van der Waals surface area contributed by atoms with Crippen LogP contribution in [0.4, 0.5) is 0 Å². The van der Waals surface area contributed by atoms with E-state index in [1.165, 1.54) is 38.3 Å². The molecule has 0 saturated carbocycles. The molecule has 9 aromatic rings. The molecule has 0 atom stereocenters. The van der Waals surface area contributed by atoms with E-state index in [9.17, 15) is 0 Å². The van der Waals surface area contributed by atoms with Crippen LogP contribution in [0, 0.1) is 0 Å². The highest BCUT2D eigenvalue weighted by atomic mass is 16.3. The lowest BCUT2D eigenvalue weighted by molar-refractivity contribution is 0.645. The molecule has 3 heteroatoms. The second-order valence-corrected chi connectivity index (χ2v) is 10.6. The molecular weight excluding hydrogens is 500 g/mol. The van der Waals surface area contributed by atoms with Crippen LogP contribution in [-0.4, -0.2) is 9.13 Å². The minimum absolute atomic E-state index is 0.878. The predicted octanol–water partition coefficient (Wildman–Crippen LogP) is 10.3. The molecule has 0 fully saturated rings. The van der Waals surface area contributed by atoms with E-state index in [-0.39, 0.29) is 0 Å². The smallest absolute Gasteiger partial charge is 0.213 e. The van der Waals surface area contributed by atoms with Gasteiger partial charge in [0.25, 0.3) is 0 Å². The van der Waals surface area contributed by atoms with E-state index in [4.69, 9.17) is 4.42 Å². The Labute approximate surface area is 236 Å². The number of benzene rings is 6. The molecular formula is C38H24N2O. The number of furan rings is 1. The fraction of sp³-hybridized carbons (Fsp3) is 0. The maximum atomic E-state index is 6.55. The molecule has 41 heavy (non-hydrogen) atoms. The summed E-state index contributed by atoms with van der Waals surface area (Å²) in [5.41, 5.74) is 9.93. The first kappa shape index (κ1) is 22.3. The summed E-state index contributed by atoms with van der Waals surface area (Å²) in [5.74, 6) is 0. The van der Waals surface area contributed by atoms with Crippen LogP contribution >= 0.6 is 0 Å². The van der Waals surface area contributed by atoms with Crippen LogP contribution in [0.25, 0.3) is 77.3 Å². The normalized spacial score (nSPS) is 11.9. The maximum absolute atomic E-state index is 6.55. The van der Waals surface area contributed by atoms with Crippen LogP contribution < -0.4 is 0 Å². The summed E-state index contributed by atoms with van der Waals surface area (Å²) in [7, 11) is 0. The average Bonchev–Trinajstić information content (AvgIpc) is 3.68. The first-order valence-corrected chi connectivity index (χ1v) is 14.0. The van der Waals surface area contributed by atoms with Gasteiger partial charge in [-0.25, -0.2) is 0 Å². The Hall–Kier alpha value is -5.54. The SMILES string of the molecule is c1ccc(-n2c3ccccc3c3c4cc(-c5cccc(-n6c7ccccc7c7ccccc76)c5)ccc4oc32)cc1. The van der Waals surface area contributed by atoms with Gasteiger partial charge in [-0.3, -0.25) is 4.57 Å². The number of hydrogen-bond donors (Lipinski definition) is 0. The minimum atomic E-state index is 0.878. The number of para-hydroxylation sites is 4. The highest BCUT2D eigenvalue weighted by Crippen LogP contribution is 2.41. The van der Waals surface area contributed by atoms with Gasteiger partial charge in [0, 0.05) is 32.9 Å². The largest absolute Gasteiger partial charge is 0.439 e. The van der Waals surface area contributed by atoms with E-state index < -0.39 is 0 Å². The lowest BCUT2D eigenvalue weighted by Crippen LogP contribution is -1.94. The van der Waals surface area contributed by atoms with Crippen molar-refractivity contribution >= 4 is 54.8 Å². The van der Waals surface area contributed by atoms with Gasteiger partial charge >= 0.3 is 0 Å². The molecule has 0 saturated heterocycles. The van der Waals surface area contributed by atoms with E-state index in [2.05, 4.69) is 149 Å². The summed E-state index contributed by atoms with van der Waals surface area (Å²) >= 11 is 0. The molecule has 0 bridgehead atoms. The van der Waals surface area contributed by atoms with Crippen LogP contribution in [0.1, 0.15) is 0 Å². The molecule has 3 heterocycles. The molecule has 0 radical (unpaired) electrons. The topological polar surface area (TPSA) is 23.0 Å². The van der Waals surface area contributed by atoms with Crippen molar-refractivity contribution in [2.24, 2.45) is 0 Å². The number of rotatable bonds is 3. The van der Waals surface area contributed by atoms with Crippen molar-refractivity contribution in [2.45, 2.75) is 0 Å². The zero-order valence-corrected chi connectivity index (χ0v) is 22.2. The molecule has 0 aliphatic heterocycles. The monoisotopic (exact) mass is 524 g/mol. The second-order valence-electron chi connectivity index (χ2n) is 10.6. The predicted molar refractivity (Wildman–Crippen MR) is 170 cm³/mol. The first-order chi connectivity index (χ1) is 20.3. The summed E-state index contributed by atoms with van der Waals surface area (Å²) in [6.07, 6.45) is 0. The van der Waals surface area contributed by atoms with Crippen LogP contribution in [-0.2, 0) is 0 Å². The molecule has 0 amide bonds. The fourth-order valence-corrected chi connectivity index (χ4v) is 6.53. The van der Waals surface area contributed by atoms with Crippen LogP contribution in [0.15, 0.2) is 150 Å². The van der Waals surface area contributed by atoms with Crippen molar-refractivity contribution < 1.29 is 4.42 Å². The van der Waals surface area contributed by atoms with E-state index >= 15 is 0 Å². The van der Waals surface area contributed by atoms with Gasteiger partial charge in [-0.05, 0) is 65.7 Å². The Bertz CT molecular complexity index is 2370. The molecule has 3 aromatic heterocycles. The summed E-state index contributed by atoms with van der Waals surface area (Å²) in [6, 6.07) is 51.7. The standard InChI is InChI=1S/C38H24N2O/c1-2-12-27(13-3-1)40-35-20-9-6-17-31(35)37-32-24-26(21-22-36(32)41-38(37)40)25-11-10-14-28(23-25)39-33-18-7-4-15-29(33)30-16-5-8-19-34(30)39/h1-24H. The number of fused-ring (bicyclic) bond motifs is 8. The Morgan fingerprint density at radius 1 is 0.390 bits per heavy atom. The Kier molecular flexibility index (Phi) is 4.61. The van der Waals surface area contributed by atoms with Gasteiger partial charge in [0.15, 0.2) is 0 Å². The molecule has 0 aliphatic carbocycles. The lowest BCUT2D eigenvalue weighted by atomic mass is 10.0. The first-order valence-electron chi connectivity index (χ1n) is 14.0. The second kappa shape index (κ2) is 8.48. The Morgan fingerprint density at radius 3 is 1.71 bits per heavy atom. The summed E-state index contributed by atoms with van der Waals surface area (Å²) in [5, 5.41) is 6.02. The van der Waals surface area contributed by atoms with Crippen molar-refractivity contribution in [3.63, 3.8) is 0 Å². The third kappa shape index (κ3) is 3.20. The molecule has 192 valence electrons. The Morgan fingerprint density at radius 2 is 0.976 bits per heavy atom. The summed E-state index contributed by atoms with van der Waals surface area (Å²) in [4.78, 5) is 0. The van der Waals surface area contributed by atoms with Gasteiger partial charge in [-0.15, -0.1) is 0 Å². The van der Waals surface area contributed by atoms with Crippen molar-refractivity contribution in [1.29, 1.82) is 0 Å². The van der Waals surface area contributed by atoms with Crippen LogP contribution in [0.3, 0.4) is 0 Å². The summed E-state index contributed by atoms with van der Waals surface area (Å²) in [6.45, 7) is 0. The van der Waals surface area contributed by atoms with E-state index in [1.807, 2.05) is 6.07 Å². The molecule has 0 aliphatic rings. The van der Waals surface area contributed by atoms with Crippen LogP contribution in [0.5, 0.6) is 0 Å². The maximum Gasteiger partial charge on any atom is 0.213 e.